The second-order valence-electron chi connectivity index (χ2n) is 3.41. The first-order valence-electron chi connectivity index (χ1n) is 4.56. The van der Waals surface area contributed by atoms with Crippen LogP contribution < -0.4 is 5.32 Å². The van der Waals surface area contributed by atoms with E-state index in [0.29, 0.717) is 6.04 Å². The highest BCUT2D eigenvalue weighted by molar-refractivity contribution is 7.84. The van der Waals surface area contributed by atoms with Crippen molar-refractivity contribution in [2.75, 3.05) is 17.3 Å². The molecule has 14 heavy (non-hydrogen) atoms. The summed E-state index contributed by atoms with van der Waals surface area (Å²) in [4.78, 5) is 4.31. The number of rotatable bonds is 5. The van der Waals surface area contributed by atoms with Gasteiger partial charge in [-0.2, -0.15) is 0 Å². The fourth-order valence-electron chi connectivity index (χ4n) is 1.05. The molecule has 5 heteroatoms. The predicted octanol–water partition coefficient (Wildman–Crippen LogP) is 2.02. The molecule has 0 bridgehead atoms. The van der Waals surface area contributed by atoms with Crippen molar-refractivity contribution in [3.05, 3.63) is 11.1 Å². The molecule has 1 rings (SSSR count). The topological polar surface area (TPSA) is 42.0 Å². The molecule has 1 aromatic heterocycles. The zero-order valence-corrected chi connectivity index (χ0v) is 10.4. The summed E-state index contributed by atoms with van der Waals surface area (Å²) in [5.74, 6) is 0.749. The van der Waals surface area contributed by atoms with E-state index in [0.717, 1.165) is 23.0 Å². The van der Waals surface area contributed by atoms with Crippen LogP contribution in [0, 0.1) is 6.92 Å². The number of nitrogens with one attached hydrogen (secondary N) is 1. The second kappa shape index (κ2) is 5.46. The SMILES string of the molecule is Cc1csc(NC(C)CCS(C)=O)n1. The molecule has 80 valence electrons. The Morgan fingerprint density at radius 3 is 2.93 bits per heavy atom. The molecule has 0 amide bonds. The molecule has 0 fully saturated rings. The lowest BCUT2D eigenvalue weighted by atomic mass is 10.3. The number of aromatic nitrogens is 1. The predicted molar refractivity (Wildman–Crippen MR) is 63.5 cm³/mol. The third-order valence-electron chi connectivity index (χ3n) is 1.83. The van der Waals surface area contributed by atoms with Crippen LogP contribution in [-0.4, -0.2) is 27.2 Å². The molecular formula is C9H16N2OS2. The summed E-state index contributed by atoms with van der Waals surface area (Å²) >= 11 is 1.61. The van der Waals surface area contributed by atoms with Crippen molar-refractivity contribution in [1.29, 1.82) is 0 Å². The molecular weight excluding hydrogens is 216 g/mol. The standard InChI is InChI=1S/C9H16N2OS2/c1-7(4-5-14(3)12)10-9-11-8(2)6-13-9/h6-7H,4-5H2,1-3H3,(H,10,11). The third kappa shape index (κ3) is 4.19. The monoisotopic (exact) mass is 232 g/mol. The lowest BCUT2D eigenvalue weighted by Gasteiger charge is -2.11. The Bertz CT molecular complexity index is 312. The van der Waals surface area contributed by atoms with Crippen molar-refractivity contribution >= 4 is 27.3 Å². The summed E-state index contributed by atoms with van der Waals surface area (Å²) < 4.78 is 10.9. The Labute approximate surface area is 91.4 Å². The molecule has 2 atom stereocenters. The number of anilines is 1. The van der Waals surface area contributed by atoms with Crippen LogP contribution in [-0.2, 0) is 10.8 Å². The van der Waals surface area contributed by atoms with Gasteiger partial charge in [0.2, 0.25) is 0 Å². The van der Waals surface area contributed by atoms with Gasteiger partial charge in [-0.1, -0.05) is 0 Å². The van der Waals surface area contributed by atoms with E-state index in [1.807, 2.05) is 12.3 Å². The first-order chi connectivity index (χ1) is 6.58. The molecule has 0 spiro atoms. The van der Waals surface area contributed by atoms with E-state index in [9.17, 15) is 4.21 Å². The van der Waals surface area contributed by atoms with Crippen LogP contribution in [0.3, 0.4) is 0 Å². The van der Waals surface area contributed by atoms with Crippen molar-refractivity contribution in [2.24, 2.45) is 0 Å². The maximum absolute atomic E-state index is 10.9. The maximum atomic E-state index is 10.9. The van der Waals surface area contributed by atoms with Crippen LogP contribution in [0.5, 0.6) is 0 Å². The van der Waals surface area contributed by atoms with Crippen molar-refractivity contribution in [3.8, 4) is 0 Å². The highest BCUT2D eigenvalue weighted by Gasteiger charge is 2.05. The maximum Gasteiger partial charge on any atom is 0.183 e. The summed E-state index contributed by atoms with van der Waals surface area (Å²) in [6.45, 7) is 4.07. The molecule has 1 N–H and O–H groups in total. The van der Waals surface area contributed by atoms with Crippen molar-refractivity contribution in [3.63, 3.8) is 0 Å². The average Bonchev–Trinajstić information content (AvgIpc) is 2.48. The molecule has 0 aliphatic heterocycles. The first-order valence-corrected chi connectivity index (χ1v) is 7.17. The minimum absolute atomic E-state index is 0.337. The van der Waals surface area contributed by atoms with Crippen molar-refractivity contribution < 1.29 is 4.21 Å². The molecule has 1 heterocycles. The molecule has 0 saturated carbocycles. The van der Waals surface area contributed by atoms with Gasteiger partial charge in [-0.25, -0.2) is 4.98 Å². The summed E-state index contributed by atoms with van der Waals surface area (Å²) in [6, 6.07) is 0.337. The van der Waals surface area contributed by atoms with E-state index in [1.54, 1.807) is 17.6 Å². The van der Waals surface area contributed by atoms with Gasteiger partial charge in [0.05, 0.1) is 5.69 Å². The molecule has 0 aliphatic rings. The normalized spacial score (nSPS) is 15.1. The van der Waals surface area contributed by atoms with E-state index >= 15 is 0 Å². The van der Waals surface area contributed by atoms with Gasteiger partial charge >= 0.3 is 0 Å². The highest BCUT2D eigenvalue weighted by atomic mass is 32.2. The molecule has 3 nitrogen and oxygen atoms in total. The van der Waals surface area contributed by atoms with Crippen LogP contribution in [0.25, 0.3) is 0 Å². The van der Waals surface area contributed by atoms with E-state index < -0.39 is 10.8 Å². The number of hydrogen-bond donors (Lipinski definition) is 1. The smallest absolute Gasteiger partial charge is 0.183 e. The van der Waals surface area contributed by atoms with Crippen LogP contribution in [0.1, 0.15) is 19.0 Å². The Morgan fingerprint density at radius 1 is 1.71 bits per heavy atom. The van der Waals surface area contributed by atoms with Crippen molar-refractivity contribution in [1.82, 2.24) is 4.98 Å². The second-order valence-corrected chi connectivity index (χ2v) is 5.82. The summed E-state index contributed by atoms with van der Waals surface area (Å²) in [6.07, 6.45) is 2.65. The lowest BCUT2D eigenvalue weighted by Crippen LogP contribution is -2.17. The third-order valence-corrected chi connectivity index (χ3v) is 3.53. The number of hydrogen-bond acceptors (Lipinski definition) is 4. The largest absolute Gasteiger partial charge is 0.359 e. The molecule has 0 aromatic carbocycles. The highest BCUT2D eigenvalue weighted by Crippen LogP contribution is 2.16. The van der Waals surface area contributed by atoms with E-state index in [-0.39, 0.29) is 0 Å². The van der Waals surface area contributed by atoms with Gasteiger partial charge in [0.1, 0.15) is 0 Å². The average molecular weight is 232 g/mol. The van der Waals surface area contributed by atoms with Gasteiger partial charge in [0.25, 0.3) is 0 Å². The summed E-state index contributed by atoms with van der Waals surface area (Å²) in [5, 5.41) is 6.27. The zero-order valence-electron chi connectivity index (χ0n) is 8.74. The molecule has 0 aliphatic carbocycles. The molecule has 1 aromatic rings. The van der Waals surface area contributed by atoms with Gasteiger partial charge in [0.15, 0.2) is 5.13 Å². The number of thiazole rings is 1. The lowest BCUT2D eigenvalue weighted by molar-refractivity contribution is 0.678. The van der Waals surface area contributed by atoms with Crippen molar-refractivity contribution in [2.45, 2.75) is 26.3 Å². The van der Waals surface area contributed by atoms with E-state index in [4.69, 9.17) is 0 Å². The summed E-state index contributed by atoms with van der Waals surface area (Å²) in [5.41, 5.74) is 1.05. The van der Waals surface area contributed by atoms with Crippen LogP contribution in [0.15, 0.2) is 5.38 Å². The van der Waals surface area contributed by atoms with Crippen LogP contribution >= 0.6 is 11.3 Å². The van der Waals surface area contributed by atoms with E-state index in [1.165, 1.54) is 0 Å². The fraction of sp³-hybridized carbons (Fsp3) is 0.667. The Morgan fingerprint density at radius 2 is 2.43 bits per heavy atom. The van der Waals surface area contributed by atoms with Gasteiger partial charge in [-0.15, -0.1) is 11.3 Å². The quantitative estimate of drug-likeness (QED) is 0.844. The molecule has 0 saturated heterocycles. The van der Waals surface area contributed by atoms with Gasteiger partial charge in [-0.05, 0) is 20.3 Å². The van der Waals surface area contributed by atoms with Crippen LogP contribution in [0.4, 0.5) is 5.13 Å². The van der Waals surface area contributed by atoms with Gasteiger partial charge in [0, 0.05) is 34.2 Å². The Hall–Kier alpha value is -0.420. The molecule has 2 unspecified atom stereocenters. The Balaban J connectivity index is 2.33. The van der Waals surface area contributed by atoms with E-state index in [2.05, 4.69) is 17.2 Å². The minimum Gasteiger partial charge on any atom is -0.359 e. The zero-order chi connectivity index (χ0) is 10.6. The number of nitrogens with zero attached hydrogens (tertiary/aromatic N) is 1. The summed E-state index contributed by atoms with van der Waals surface area (Å²) in [7, 11) is -0.696. The first kappa shape index (κ1) is 11.7. The van der Waals surface area contributed by atoms with Gasteiger partial charge < -0.3 is 5.32 Å². The Kier molecular flexibility index (Phi) is 4.54. The molecule has 0 radical (unpaired) electrons. The fourth-order valence-corrected chi connectivity index (χ4v) is 2.53. The van der Waals surface area contributed by atoms with Gasteiger partial charge in [-0.3, -0.25) is 4.21 Å². The van der Waals surface area contributed by atoms with Crippen LogP contribution in [0.2, 0.25) is 0 Å². The minimum atomic E-state index is -0.696. The number of aryl methyl sites for hydroxylation is 1.